The molecule has 0 radical (unpaired) electrons. The minimum Gasteiger partial charge on any atom is -0.444 e. The lowest BCUT2D eigenvalue weighted by atomic mass is 9.67. The number of thiol groups is 1. The van der Waals surface area contributed by atoms with Gasteiger partial charge in [0.25, 0.3) is 0 Å². The van der Waals surface area contributed by atoms with Gasteiger partial charge in [-0.2, -0.15) is 12.6 Å². The molecule has 17 heavy (non-hydrogen) atoms. The van der Waals surface area contributed by atoms with Crippen molar-refractivity contribution in [2.24, 2.45) is 5.41 Å². The highest BCUT2D eigenvalue weighted by Crippen LogP contribution is 2.52. The summed E-state index contributed by atoms with van der Waals surface area (Å²) in [6.07, 6.45) is -1.02. The van der Waals surface area contributed by atoms with E-state index in [0.717, 1.165) is 0 Å². The maximum Gasteiger partial charge on any atom is 0.407 e. The van der Waals surface area contributed by atoms with Gasteiger partial charge in [0.15, 0.2) is 0 Å². The zero-order valence-corrected chi connectivity index (χ0v) is 11.2. The van der Waals surface area contributed by atoms with Crippen molar-refractivity contribution in [2.45, 2.75) is 45.1 Å². The first-order chi connectivity index (χ1) is 7.58. The van der Waals surface area contributed by atoms with Crippen molar-refractivity contribution in [1.29, 1.82) is 0 Å². The number of hydrogen-bond acceptors (Lipinski definition) is 3. The van der Waals surface area contributed by atoms with E-state index in [2.05, 4.69) is 17.9 Å². The topological polar surface area (TPSA) is 38.3 Å². The normalized spacial score (nSPS) is 21.5. The van der Waals surface area contributed by atoms with E-state index in [4.69, 9.17) is 4.74 Å². The van der Waals surface area contributed by atoms with Gasteiger partial charge in [-0.3, -0.25) is 0 Å². The molecule has 1 fully saturated rings. The third-order valence-corrected chi connectivity index (χ3v) is 3.28. The third-order valence-electron chi connectivity index (χ3n) is 2.61. The van der Waals surface area contributed by atoms with E-state index < -0.39 is 23.0 Å². The highest BCUT2D eigenvalue weighted by atomic mass is 32.1. The molecule has 1 saturated carbocycles. The molecule has 0 aromatic rings. The summed E-state index contributed by atoms with van der Waals surface area (Å²) in [6.45, 7) is 5.43. The molecule has 0 aliphatic heterocycles. The second-order valence-corrected chi connectivity index (χ2v) is 6.04. The molecule has 1 aliphatic rings. The molecular formula is C11H19F2NO2S. The Morgan fingerprint density at radius 1 is 1.41 bits per heavy atom. The van der Waals surface area contributed by atoms with Crippen molar-refractivity contribution in [3.05, 3.63) is 0 Å². The zero-order chi connectivity index (χ0) is 13.3. The number of alkyl carbamates (subject to hydrolysis) is 1. The van der Waals surface area contributed by atoms with E-state index in [1.54, 1.807) is 20.8 Å². The van der Waals surface area contributed by atoms with Crippen LogP contribution in [0.4, 0.5) is 13.6 Å². The number of halogens is 2. The maximum atomic E-state index is 12.8. The largest absolute Gasteiger partial charge is 0.444 e. The SMILES string of the molecule is CC(C)(C)OC(=O)NCC1(CS)CC(F)(F)C1. The number of amides is 1. The third kappa shape index (κ3) is 4.33. The van der Waals surface area contributed by atoms with Crippen molar-refractivity contribution in [3.8, 4) is 0 Å². The minimum atomic E-state index is -2.61. The number of nitrogens with one attached hydrogen (secondary N) is 1. The first-order valence-corrected chi connectivity index (χ1v) is 6.16. The molecule has 1 rings (SSSR count). The molecule has 1 N–H and O–H groups in total. The van der Waals surface area contributed by atoms with E-state index in [1.165, 1.54) is 0 Å². The molecule has 0 aromatic carbocycles. The monoisotopic (exact) mass is 267 g/mol. The van der Waals surface area contributed by atoms with Gasteiger partial charge in [0.1, 0.15) is 5.60 Å². The van der Waals surface area contributed by atoms with E-state index in [9.17, 15) is 13.6 Å². The summed E-state index contributed by atoms with van der Waals surface area (Å²) in [5.41, 5.74) is -1.18. The Hall–Kier alpha value is -0.520. The standard InChI is InChI=1S/C11H19F2NO2S/c1-9(2,3)16-8(15)14-6-10(7-17)4-11(12,13)5-10/h17H,4-7H2,1-3H3,(H,14,15). The molecule has 0 unspecified atom stereocenters. The molecular weight excluding hydrogens is 248 g/mol. The van der Waals surface area contributed by atoms with Crippen molar-refractivity contribution >= 4 is 18.7 Å². The van der Waals surface area contributed by atoms with E-state index in [-0.39, 0.29) is 19.4 Å². The van der Waals surface area contributed by atoms with Crippen LogP contribution in [-0.4, -0.2) is 29.9 Å². The summed E-state index contributed by atoms with van der Waals surface area (Å²) in [5, 5.41) is 2.53. The molecule has 0 saturated heterocycles. The Morgan fingerprint density at radius 3 is 2.29 bits per heavy atom. The van der Waals surface area contributed by atoms with Gasteiger partial charge in [0.05, 0.1) is 0 Å². The predicted molar refractivity (Wildman–Crippen MR) is 64.7 cm³/mol. The van der Waals surface area contributed by atoms with Crippen LogP contribution in [-0.2, 0) is 4.74 Å². The summed E-state index contributed by atoms with van der Waals surface area (Å²) in [6, 6.07) is 0. The highest BCUT2D eigenvalue weighted by Gasteiger charge is 2.55. The van der Waals surface area contributed by atoms with Crippen molar-refractivity contribution < 1.29 is 18.3 Å². The molecule has 0 aromatic heterocycles. The zero-order valence-electron chi connectivity index (χ0n) is 10.3. The lowest BCUT2D eigenvalue weighted by Gasteiger charge is -2.46. The van der Waals surface area contributed by atoms with Gasteiger partial charge < -0.3 is 10.1 Å². The van der Waals surface area contributed by atoms with Gasteiger partial charge in [0.2, 0.25) is 5.92 Å². The predicted octanol–water partition coefficient (Wildman–Crippen LogP) is 2.86. The summed E-state index contributed by atoms with van der Waals surface area (Å²) in [4.78, 5) is 11.4. The number of carbonyl (C=O) groups is 1. The smallest absolute Gasteiger partial charge is 0.407 e. The lowest BCUT2D eigenvalue weighted by Crippen LogP contribution is -2.53. The summed E-state index contributed by atoms with van der Waals surface area (Å²) < 4.78 is 30.7. The summed E-state index contributed by atoms with van der Waals surface area (Å²) in [5.74, 6) is -2.28. The van der Waals surface area contributed by atoms with Crippen LogP contribution in [0.15, 0.2) is 0 Å². The van der Waals surface area contributed by atoms with Crippen molar-refractivity contribution in [2.75, 3.05) is 12.3 Å². The Balaban J connectivity index is 2.38. The molecule has 3 nitrogen and oxygen atoms in total. The quantitative estimate of drug-likeness (QED) is 0.772. The van der Waals surface area contributed by atoms with Crippen LogP contribution in [0.1, 0.15) is 33.6 Å². The van der Waals surface area contributed by atoms with Gasteiger partial charge in [-0.1, -0.05) is 0 Å². The van der Waals surface area contributed by atoms with Crippen LogP contribution >= 0.6 is 12.6 Å². The van der Waals surface area contributed by atoms with E-state index >= 15 is 0 Å². The Kier molecular flexibility index (Phi) is 3.96. The summed E-state index contributed by atoms with van der Waals surface area (Å²) in [7, 11) is 0. The fourth-order valence-corrected chi connectivity index (χ4v) is 2.25. The van der Waals surface area contributed by atoms with Crippen LogP contribution in [0, 0.1) is 5.41 Å². The van der Waals surface area contributed by atoms with Crippen molar-refractivity contribution in [1.82, 2.24) is 5.32 Å². The van der Waals surface area contributed by atoms with E-state index in [0.29, 0.717) is 5.75 Å². The molecule has 0 atom stereocenters. The molecule has 1 aliphatic carbocycles. The van der Waals surface area contributed by atoms with Crippen LogP contribution in [0.2, 0.25) is 0 Å². The second kappa shape index (κ2) is 4.63. The molecule has 0 bridgehead atoms. The molecule has 100 valence electrons. The summed E-state index contributed by atoms with van der Waals surface area (Å²) >= 11 is 4.07. The number of hydrogen-bond donors (Lipinski definition) is 2. The van der Waals surface area contributed by atoms with Crippen LogP contribution in [0.3, 0.4) is 0 Å². The number of rotatable bonds is 3. The first-order valence-electron chi connectivity index (χ1n) is 5.53. The first kappa shape index (κ1) is 14.5. The fourth-order valence-electron chi connectivity index (χ4n) is 1.91. The molecule has 6 heteroatoms. The maximum absolute atomic E-state index is 12.8. The Morgan fingerprint density at radius 2 is 1.94 bits per heavy atom. The molecule has 1 amide bonds. The fraction of sp³-hybridized carbons (Fsp3) is 0.909. The van der Waals surface area contributed by atoms with Crippen molar-refractivity contribution in [3.63, 3.8) is 0 Å². The van der Waals surface area contributed by atoms with Gasteiger partial charge in [-0.15, -0.1) is 0 Å². The van der Waals surface area contributed by atoms with E-state index in [1.807, 2.05) is 0 Å². The number of ether oxygens (including phenoxy) is 1. The molecule has 0 spiro atoms. The second-order valence-electron chi connectivity index (χ2n) is 5.72. The minimum absolute atomic E-state index is 0.182. The van der Waals surface area contributed by atoms with Crippen LogP contribution < -0.4 is 5.32 Å². The van der Waals surface area contributed by atoms with Gasteiger partial charge in [-0.25, -0.2) is 13.6 Å². The van der Waals surface area contributed by atoms with Crippen LogP contribution in [0.25, 0.3) is 0 Å². The average molecular weight is 267 g/mol. The number of alkyl halides is 2. The van der Waals surface area contributed by atoms with Gasteiger partial charge in [0, 0.05) is 24.8 Å². The Labute approximate surface area is 106 Å². The Bertz CT molecular complexity index is 294. The molecule has 0 heterocycles. The van der Waals surface area contributed by atoms with Gasteiger partial charge >= 0.3 is 6.09 Å². The lowest BCUT2D eigenvalue weighted by molar-refractivity contribution is -0.149. The number of carbonyl (C=O) groups excluding carboxylic acids is 1. The average Bonchev–Trinajstić information content (AvgIpc) is 2.08. The highest BCUT2D eigenvalue weighted by molar-refractivity contribution is 7.80. The van der Waals surface area contributed by atoms with Gasteiger partial charge in [-0.05, 0) is 26.5 Å². The van der Waals surface area contributed by atoms with Crippen LogP contribution in [0.5, 0.6) is 0 Å².